The fraction of sp³-hybridized carbons (Fsp3) is 1.00. The minimum atomic E-state index is 0.473. The number of likely N-dealkylation sites (tertiary alicyclic amines) is 1. The molecule has 0 aromatic heterocycles. The molecule has 122 valence electrons. The van der Waals surface area contributed by atoms with Crippen LogP contribution in [0.4, 0.5) is 0 Å². The second-order valence-corrected chi connectivity index (χ2v) is 8.67. The first-order valence-corrected chi connectivity index (χ1v) is 9.80. The number of piperidine rings is 1. The number of hydrogen-bond donors (Lipinski definition) is 1. The summed E-state index contributed by atoms with van der Waals surface area (Å²) in [6.45, 7) is 8.00. The summed E-state index contributed by atoms with van der Waals surface area (Å²) in [5.74, 6) is 2.97. The fourth-order valence-electron chi connectivity index (χ4n) is 5.22. The molecule has 0 amide bonds. The van der Waals surface area contributed by atoms with Crippen LogP contribution in [0, 0.1) is 17.8 Å². The van der Waals surface area contributed by atoms with Gasteiger partial charge < -0.3 is 10.2 Å². The summed E-state index contributed by atoms with van der Waals surface area (Å²) in [4.78, 5) is 0. The molecular weight excluding hydrogens is 256 g/mol. The molecule has 0 aromatic rings. The van der Waals surface area contributed by atoms with E-state index in [1.807, 2.05) is 0 Å². The monoisotopic (exact) mass is 293 g/mol. The van der Waals surface area contributed by atoms with Gasteiger partial charge in [-0.25, -0.2) is 0 Å². The highest BCUT2D eigenvalue weighted by Crippen LogP contribution is 2.37. The lowest BCUT2D eigenvalue weighted by Crippen LogP contribution is -2.64. The maximum absolute atomic E-state index is 6.53. The summed E-state index contributed by atoms with van der Waals surface area (Å²) in [6, 6.07) is 0.473. The molecule has 2 heteroatoms. The first-order chi connectivity index (χ1) is 10.2. The van der Waals surface area contributed by atoms with E-state index >= 15 is 0 Å². The van der Waals surface area contributed by atoms with Gasteiger partial charge in [0.15, 0.2) is 0 Å². The molecule has 3 rings (SSSR count). The number of nitrogens with zero attached hydrogens (tertiary/aromatic N) is 1. The second-order valence-electron chi connectivity index (χ2n) is 8.67. The minimum Gasteiger partial charge on any atom is -0.323 e. The summed E-state index contributed by atoms with van der Waals surface area (Å²) >= 11 is 0. The molecule has 1 heterocycles. The molecule has 0 aromatic carbocycles. The average Bonchev–Trinajstić information content (AvgIpc) is 2.36. The number of hydrogen-bond acceptors (Lipinski definition) is 1. The van der Waals surface area contributed by atoms with Crippen LogP contribution in [0.15, 0.2) is 0 Å². The zero-order valence-electron chi connectivity index (χ0n) is 14.2. The first-order valence-electron chi connectivity index (χ1n) is 9.80. The summed E-state index contributed by atoms with van der Waals surface area (Å²) in [7, 11) is 0. The largest absolute Gasteiger partial charge is 0.323 e. The van der Waals surface area contributed by atoms with Crippen LogP contribution in [0.3, 0.4) is 0 Å². The van der Waals surface area contributed by atoms with E-state index in [-0.39, 0.29) is 0 Å². The van der Waals surface area contributed by atoms with Crippen LogP contribution in [0.1, 0.15) is 71.1 Å². The second kappa shape index (κ2) is 7.00. The van der Waals surface area contributed by atoms with Crippen LogP contribution in [0.2, 0.25) is 0 Å². The van der Waals surface area contributed by atoms with Gasteiger partial charge in [0, 0.05) is 17.8 Å². The van der Waals surface area contributed by atoms with E-state index in [0.29, 0.717) is 6.04 Å². The lowest BCUT2D eigenvalue weighted by Gasteiger charge is -2.51. The van der Waals surface area contributed by atoms with Crippen molar-refractivity contribution in [2.75, 3.05) is 26.2 Å². The Bertz CT molecular complexity index is 304. The fourth-order valence-corrected chi connectivity index (χ4v) is 5.22. The first kappa shape index (κ1) is 15.8. The van der Waals surface area contributed by atoms with Gasteiger partial charge in [-0.2, -0.15) is 0 Å². The molecule has 2 nitrogen and oxygen atoms in total. The summed E-state index contributed by atoms with van der Waals surface area (Å²) in [6.07, 6.45) is 14.5. The Labute approximate surface area is 132 Å². The third-order valence-electron chi connectivity index (χ3n) is 6.61. The maximum Gasteiger partial charge on any atom is 0.0940 e. The maximum atomic E-state index is 6.53. The predicted octanol–water partition coefficient (Wildman–Crippen LogP) is 3.94. The number of quaternary nitrogens is 1. The van der Waals surface area contributed by atoms with E-state index in [9.17, 15) is 0 Å². The highest BCUT2D eigenvalue weighted by atomic mass is 15.4. The quantitative estimate of drug-likeness (QED) is 0.707. The van der Waals surface area contributed by atoms with Crippen molar-refractivity contribution in [2.24, 2.45) is 23.5 Å². The molecule has 0 radical (unpaired) electrons. The van der Waals surface area contributed by atoms with E-state index in [1.54, 1.807) is 0 Å². The van der Waals surface area contributed by atoms with Gasteiger partial charge in [-0.15, -0.1) is 0 Å². The molecule has 2 unspecified atom stereocenters. The van der Waals surface area contributed by atoms with Crippen molar-refractivity contribution >= 4 is 0 Å². The van der Waals surface area contributed by atoms with Crippen molar-refractivity contribution in [1.82, 2.24) is 0 Å². The zero-order valence-corrected chi connectivity index (χ0v) is 14.2. The third kappa shape index (κ3) is 4.01. The molecule has 0 spiro atoms. The molecule has 2 N–H and O–H groups in total. The van der Waals surface area contributed by atoms with Crippen LogP contribution >= 0.6 is 0 Å². The van der Waals surface area contributed by atoms with Gasteiger partial charge in [0.25, 0.3) is 0 Å². The van der Waals surface area contributed by atoms with Gasteiger partial charge in [0.05, 0.1) is 32.2 Å². The number of rotatable bonds is 7. The molecule has 21 heavy (non-hydrogen) atoms. The Balaban J connectivity index is 1.65. The van der Waals surface area contributed by atoms with E-state index in [1.165, 1.54) is 94.9 Å². The van der Waals surface area contributed by atoms with Gasteiger partial charge in [0.1, 0.15) is 0 Å². The van der Waals surface area contributed by atoms with Crippen LogP contribution in [0.5, 0.6) is 0 Å². The van der Waals surface area contributed by atoms with Gasteiger partial charge in [0.2, 0.25) is 0 Å². The Hall–Kier alpha value is -0.0800. The van der Waals surface area contributed by atoms with Crippen molar-refractivity contribution in [3.63, 3.8) is 0 Å². The van der Waals surface area contributed by atoms with E-state index in [4.69, 9.17) is 5.73 Å². The minimum absolute atomic E-state index is 0.473. The molecule has 1 aliphatic heterocycles. The van der Waals surface area contributed by atoms with Gasteiger partial charge in [-0.3, -0.25) is 0 Å². The van der Waals surface area contributed by atoms with Gasteiger partial charge in [-0.1, -0.05) is 32.6 Å². The van der Waals surface area contributed by atoms with E-state index < -0.39 is 0 Å². The zero-order chi connectivity index (χ0) is 14.7. The Kier molecular flexibility index (Phi) is 5.27. The Morgan fingerprint density at radius 3 is 2.00 bits per heavy atom. The predicted molar refractivity (Wildman–Crippen MR) is 90.0 cm³/mol. The van der Waals surface area contributed by atoms with Crippen molar-refractivity contribution in [1.29, 1.82) is 0 Å². The molecular formula is C19H37N2+. The highest BCUT2D eigenvalue weighted by molar-refractivity contribution is 4.80. The molecule has 3 aliphatic rings. The van der Waals surface area contributed by atoms with Crippen molar-refractivity contribution in [2.45, 2.75) is 77.2 Å². The van der Waals surface area contributed by atoms with Gasteiger partial charge in [-0.05, 0) is 38.5 Å². The average molecular weight is 294 g/mol. The van der Waals surface area contributed by atoms with Crippen LogP contribution in [0.25, 0.3) is 0 Å². The summed E-state index contributed by atoms with van der Waals surface area (Å²) in [5.41, 5.74) is 6.53. The van der Waals surface area contributed by atoms with Crippen molar-refractivity contribution in [3.8, 4) is 0 Å². The smallest absolute Gasteiger partial charge is 0.0940 e. The lowest BCUT2D eigenvalue weighted by atomic mass is 9.79. The third-order valence-corrected chi connectivity index (χ3v) is 6.61. The van der Waals surface area contributed by atoms with Crippen LogP contribution in [-0.4, -0.2) is 36.7 Å². The Morgan fingerprint density at radius 2 is 1.52 bits per heavy atom. The van der Waals surface area contributed by atoms with Crippen molar-refractivity contribution in [3.05, 3.63) is 0 Å². The molecule has 2 aliphatic carbocycles. The van der Waals surface area contributed by atoms with E-state index in [0.717, 1.165) is 17.8 Å². The standard InChI is InChI=1S/C19H37N2/c1-2-3-6-18-11-19(20)15-21(14-18,12-16-7-4-8-16)13-17-9-5-10-17/h16-19H,2-15,20H2,1H3/q+1. The lowest BCUT2D eigenvalue weighted by molar-refractivity contribution is -0.943. The molecule has 2 saturated carbocycles. The van der Waals surface area contributed by atoms with Crippen LogP contribution < -0.4 is 5.73 Å². The van der Waals surface area contributed by atoms with Gasteiger partial charge >= 0.3 is 0 Å². The summed E-state index contributed by atoms with van der Waals surface area (Å²) < 4.78 is 1.41. The van der Waals surface area contributed by atoms with E-state index in [2.05, 4.69) is 6.92 Å². The number of unbranched alkanes of at least 4 members (excludes halogenated alkanes) is 1. The molecule has 0 bridgehead atoms. The van der Waals surface area contributed by atoms with Crippen LogP contribution in [-0.2, 0) is 0 Å². The molecule has 2 atom stereocenters. The van der Waals surface area contributed by atoms with Crippen molar-refractivity contribution < 1.29 is 4.48 Å². The number of nitrogens with two attached hydrogens (primary N) is 1. The normalized spacial score (nSPS) is 33.4. The topological polar surface area (TPSA) is 26.0 Å². The molecule has 1 saturated heterocycles. The highest BCUT2D eigenvalue weighted by Gasteiger charge is 2.43. The summed E-state index contributed by atoms with van der Waals surface area (Å²) in [5, 5.41) is 0. The Morgan fingerprint density at radius 1 is 0.905 bits per heavy atom. The SMILES string of the molecule is CCCCC1CC(N)C[N+](CC2CCC2)(CC2CCC2)C1. The molecule has 3 fully saturated rings.